The molecule has 0 bridgehead atoms. The fraction of sp³-hybridized carbons (Fsp3) is 0.625. The van der Waals surface area contributed by atoms with Crippen LogP contribution in [0.25, 0.3) is 0 Å². The Bertz CT molecular complexity index is 600. The molecule has 1 unspecified atom stereocenters. The number of nitrogens with zero attached hydrogens (tertiary/aromatic N) is 5. The summed E-state index contributed by atoms with van der Waals surface area (Å²) in [6.45, 7) is 6.03. The highest BCUT2D eigenvalue weighted by atomic mass is 79.9. The van der Waals surface area contributed by atoms with Crippen LogP contribution in [-0.2, 0) is 4.74 Å². The number of likely N-dealkylation sites (tertiary alicyclic amines) is 1. The third-order valence-electron chi connectivity index (χ3n) is 5.28. The minimum Gasteiger partial charge on any atom is -0.379 e. The molecule has 4 heterocycles. The van der Waals surface area contributed by atoms with E-state index in [0.29, 0.717) is 10.5 Å². The first kappa shape index (κ1) is 15.5. The van der Waals surface area contributed by atoms with Crippen molar-refractivity contribution >= 4 is 26.9 Å². The van der Waals surface area contributed by atoms with Gasteiger partial charge in [-0.25, -0.2) is 4.48 Å². The van der Waals surface area contributed by atoms with E-state index in [-0.39, 0.29) is 0 Å². The molecule has 0 amide bonds. The number of ether oxygens (including phenoxy) is 1. The standard InChI is InChI=1S/C16H23BrN5O/c1-22-9-4-18-12-14(22)15(19-16(22)17)21-5-2-13(3-6-21)20-7-10-23-11-8-20/h4,9,12-13H,2-3,5-8,10-11H2,1H3/q+1. The number of hydrogen-bond donors (Lipinski definition) is 0. The average molecular weight is 381 g/mol. The molecule has 7 heteroatoms. The van der Waals surface area contributed by atoms with Crippen LogP contribution in [0.4, 0.5) is 0 Å². The van der Waals surface area contributed by atoms with Gasteiger partial charge in [-0.1, -0.05) is 0 Å². The molecular weight excluding hydrogens is 358 g/mol. The van der Waals surface area contributed by atoms with Crippen molar-refractivity contribution < 1.29 is 9.22 Å². The molecular formula is C16H23BrN5O+. The molecule has 0 spiro atoms. The fourth-order valence-electron chi connectivity index (χ4n) is 3.78. The molecule has 0 radical (unpaired) electrons. The number of allylic oxidation sites excluding steroid dienone is 1. The van der Waals surface area contributed by atoms with Gasteiger partial charge < -0.3 is 9.64 Å². The highest BCUT2D eigenvalue weighted by Crippen LogP contribution is 2.35. The van der Waals surface area contributed by atoms with E-state index < -0.39 is 0 Å². The summed E-state index contributed by atoms with van der Waals surface area (Å²) >= 11 is 3.64. The van der Waals surface area contributed by atoms with Gasteiger partial charge in [-0.15, -0.1) is 0 Å². The average Bonchev–Trinajstić information content (AvgIpc) is 2.87. The molecule has 4 rings (SSSR count). The van der Waals surface area contributed by atoms with E-state index in [1.54, 1.807) is 0 Å². The van der Waals surface area contributed by atoms with Crippen LogP contribution in [0, 0.1) is 0 Å². The van der Waals surface area contributed by atoms with Crippen molar-refractivity contribution in [1.29, 1.82) is 0 Å². The number of piperidine rings is 1. The van der Waals surface area contributed by atoms with Crippen molar-refractivity contribution in [3.63, 3.8) is 0 Å². The Kier molecular flexibility index (Phi) is 4.13. The predicted octanol–water partition coefficient (Wildman–Crippen LogP) is 1.72. The summed E-state index contributed by atoms with van der Waals surface area (Å²) in [5.74, 6) is 1.08. The van der Waals surface area contributed by atoms with Crippen LogP contribution in [-0.4, -0.2) is 77.7 Å². The highest BCUT2D eigenvalue weighted by Gasteiger charge is 2.42. The van der Waals surface area contributed by atoms with Crippen LogP contribution in [0.15, 0.2) is 33.9 Å². The van der Waals surface area contributed by atoms with Crippen LogP contribution in [0.3, 0.4) is 0 Å². The van der Waals surface area contributed by atoms with Gasteiger partial charge in [-0.3, -0.25) is 9.89 Å². The zero-order chi connectivity index (χ0) is 15.9. The van der Waals surface area contributed by atoms with E-state index in [2.05, 4.69) is 44.0 Å². The predicted molar refractivity (Wildman–Crippen MR) is 94.2 cm³/mol. The SMILES string of the molecule is C[N+]12C=CN=CC1=C(N1CCC(N3CCOCC3)CC1)N=C2Br. The van der Waals surface area contributed by atoms with Crippen molar-refractivity contribution in [3.05, 3.63) is 23.9 Å². The second-order valence-corrected chi connectivity index (χ2v) is 7.32. The molecule has 0 N–H and O–H groups in total. The minimum atomic E-state index is 0.586. The molecule has 6 nitrogen and oxygen atoms in total. The second-order valence-electron chi connectivity index (χ2n) is 6.61. The second kappa shape index (κ2) is 6.12. The van der Waals surface area contributed by atoms with Gasteiger partial charge in [0.1, 0.15) is 6.20 Å². The number of quaternary nitrogens is 1. The Hall–Kier alpha value is -1.02. The number of fused-ring (bicyclic) bond motifs is 1. The molecule has 4 aliphatic heterocycles. The molecule has 0 aromatic heterocycles. The maximum Gasteiger partial charge on any atom is 0.283 e. The normalized spacial score (nSPS) is 32.4. The largest absolute Gasteiger partial charge is 0.379 e. The number of halogens is 1. The first-order valence-electron chi connectivity index (χ1n) is 8.32. The summed E-state index contributed by atoms with van der Waals surface area (Å²) in [7, 11) is 2.14. The zero-order valence-electron chi connectivity index (χ0n) is 13.5. The Morgan fingerprint density at radius 2 is 1.96 bits per heavy atom. The third-order valence-corrected chi connectivity index (χ3v) is 6.20. The summed E-state index contributed by atoms with van der Waals surface area (Å²) < 4.78 is 6.99. The van der Waals surface area contributed by atoms with Gasteiger partial charge in [0.15, 0.2) is 5.82 Å². The molecule has 0 aromatic rings. The summed E-state index contributed by atoms with van der Waals surface area (Å²) in [5, 5.41) is 0. The molecule has 0 aromatic carbocycles. The van der Waals surface area contributed by atoms with Crippen molar-refractivity contribution in [2.75, 3.05) is 46.4 Å². The maximum absolute atomic E-state index is 5.47. The fourth-order valence-corrected chi connectivity index (χ4v) is 4.26. The molecule has 23 heavy (non-hydrogen) atoms. The Labute approximate surface area is 145 Å². The Morgan fingerprint density at radius 3 is 2.70 bits per heavy atom. The van der Waals surface area contributed by atoms with Crippen molar-refractivity contribution in [1.82, 2.24) is 9.80 Å². The van der Waals surface area contributed by atoms with Gasteiger partial charge in [0.05, 0.1) is 32.7 Å². The molecule has 4 aliphatic rings. The van der Waals surface area contributed by atoms with Gasteiger partial charge in [0.25, 0.3) is 4.74 Å². The lowest BCUT2D eigenvalue weighted by molar-refractivity contribution is -0.709. The summed E-state index contributed by atoms with van der Waals surface area (Å²) in [4.78, 5) is 14.1. The number of rotatable bonds is 2. The lowest BCUT2D eigenvalue weighted by atomic mass is 10.0. The van der Waals surface area contributed by atoms with E-state index >= 15 is 0 Å². The molecule has 1 atom stereocenters. The van der Waals surface area contributed by atoms with E-state index in [4.69, 9.17) is 9.73 Å². The number of hydrogen-bond acceptors (Lipinski definition) is 5. The summed E-state index contributed by atoms with van der Waals surface area (Å²) in [5.41, 5.74) is 1.16. The monoisotopic (exact) mass is 380 g/mol. The molecule has 0 saturated carbocycles. The van der Waals surface area contributed by atoms with Gasteiger partial charge in [0, 0.05) is 48.2 Å². The first-order chi connectivity index (χ1) is 11.2. The Balaban J connectivity index is 1.47. The maximum atomic E-state index is 5.47. The van der Waals surface area contributed by atoms with Crippen molar-refractivity contribution in [2.24, 2.45) is 9.98 Å². The molecule has 0 aliphatic carbocycles. The van der Waals surface area contributed by atoms with E-state index in [9.17, 15) is 0 Å². The van der Waals surface area contributed by atoms with Crippen LogP contribution in [0.1, 0.15) is 12.8 Å². The molecule has 2 fully saturated rings. The van der Waals surface area contributed by atoms with Crippen LogP contribution >= 0.6 is 15.9 Å². The zero-order valence-corrected chi connectivity index (χ0v) is 15.1. The number of amidine groups is 1. The quantitative estimate of drug-likeness (QED) is 0.540. The summed E-state index contributed by atoms with van der Waals surface area (Å²) in [6, 6.07) is 0.690. The van der Waals surface area contributed by atoms with Crippen LogP contribution in [0.5, 0.6) is 0 Å². The van der Waals surface area contributed by atoms with Crippen LogP contribution < -0.4 is 0 Å². The van der Waals surface area contributed by atoms with Crippen molar-refractivity contribution in [2.45, 2.75) is 18.9 Å². The lowest BCUT2D eigenvalue weighted by Crippen LogP contribution is -2.49. The topological polar surface area (TPSA) is 40.4 Å². The Morgan fingerprint density at radius 1 is 1.22 bits per heavy atom. The molecule has 2 saturated heterocycles. The van der Waals surface area contributed by atoms with E-state index in [1.165, 1.54) is 12.8 Å². The van der Waals surface area contributed by atoms with Gasteiger partial charge in [-0.2, -0.15) is 4.99 Å². The van der Waals surface area contributed by atoms with E-state index in [0.717, 1.165) is 55.7 Å². The minimum absolute atomic E-state index is 0.586. The van der Waals surface area contributed by atoms with Crippen LogP contribution in [0.2, 0.25) is 0 Å². The number of morpholine rings is 1. The smallest absolute Gasteiger partial charge is 0.283 e. The van der Waals surface area contributed by atoms with Gasteiger partial charge >= 0.3 is 0 Å². The first-order valence-corrected chi connectivity index (χ1v) is 9.11. The van der Waals surface area contributed by atoms with E-state index in [1.807, 2.05) is 12.4 Å². The van der Waals surface area contributed by atoms with Gasteiger partial charge in [-0.05, 0) is 12.8 Å². The number of aliphatic imine (C=N–C) groups is 2. The van der Waals surface area contributed by atoms with Gasteiger partial charge in [0.2, 0.25) is 5.70 Å². The molecule has 124 valence electrons. The highest BCUT2D eigenvalue weighted by molar-refractivity contribution is 9.18. The van der Waals surface area contributed by atoms with Crippen molar-refractivity contribution in [3.8, 4) is 0 Å². The lowest BCUT2D eigenvalue weighted by Gasteiger charge is -2.40. The summed E-state index contributed by atoms with van der Waals surface area (Å²) in [6.07, 6.45) is 8.24. The third kappa shape index (κ3) is 2.69.